The monoisotopic (exact) mass is 231 g/mol. The van der Waals surface area contributed by atoms with Crippen LogP contribution >= 0.6 is 0 Å². The summed E-state index contributed by atoms with van der Waals surface area (Å²) >= 11 is 0. The zero-order valence-corrected chi connectivity index (χ0v) is 10.3. The molecule has 0 bridgehead atoms. The smallest absolute Gasteiger partial charge is 0.0968 e. The minimum atomic E-state index is 0.535. The number of nitrogens with two attached hydrogens (primary N) is 1. The van der Waals surface area contributed by atoms with Crippen LogP contribution in [0.3, 0.4) is 0 Å². The molecule has 0 saturated heterocycles. The van der Waals surface area contributed by atoms with E-state index >= 15 is 0 Å². The van der Waals surface area contributed by atoms with Gasteiger partial charge in [-0.15, -0.1) is 0 Å². The first-order valence-electron chi connectivity index (χ1n) is 6.56. The van der Waals surface area contributed by atoms with Crippen molar-refractivity contribution < 1.29 is 0 Å². The maximum Gasteiger partial charge on any atom is 0.0968 e. The lowest BCUT2D eigenvalue weighted by Gasteiger charge is -2.20. The van der Waals surface area contributed by atoms with Gasteiger partial charge in [0, 0.05) is 30.8 Å². The van der Waals surface area contributed by atoms with Gasteiger partial charge in [0.2, 0.25) is 0 Å². The standard InChI is InChI=1S/C14H21N3/c15-14(12-6-2-1-3-7-12)17-11-9-13-8-4-5-10-16-13/h4-5,8,10,12H,1-3,6-7,9,11H2,(H2,15,17). The predicted octanol–water partition coefficient (Wildman–Crippen LogP) is 2.56. The Morgan fingerprint density at radius 2 is 2.12 bits per heavy atom. The lowest BCUT2D eigenvalue weighted by Crippen LogP contribution is -2.26. The van der Waals surface area contributed by atoms with Crippen molar-refractivity contribution in [1.82, 2.24) is 4.98 Å². The average molecular weight is 231 g/mol. The molecule has 1 aliphatic carbocycles. The van der Waals surface area contributed by atoms with E-state index in [2.05, 4.69) is 9.98 Å². The van der Waals surface area contributed by atoms with Crippen molar-refractivity contribution in [2.24, 2.45) is 16.6 Å². The van der Waals surface area contributed by atoms with Gasteiger partial charge in [0.25, 0.3) is 0 Å². The second-order valence-electron chi connectivity index (χ2n) is 4.71. The summed E-state index contributed by atoms with van der Waals surface area (Å²) in [6.07, 6.45) is 9.12. The van der Waals surface area contributed by atoms with Gasteiger partial charge in [0.05, 0.1) is 5.84 Å². The van der Waals surface area contributed by atoms with Crippen LogP contribution in [-0.2, 0) is 6.42 Å². The van der Waals surface area contributed by atoms with Crippen molar-refractivity contribution in [3.05, 3.63) is 30.1 Å². The first-order valence-corrected chi connectivity index (χ1v) is 6.56. The molecule has 92 valence electrons. The highest BCUT2D eigenvalue weighted by Crippen LogP contribution is 2.23. The number of hydrogen-bond acceptors (Lipinski definition) is 2. The summed E-state index contributed by atoms with van der Waals surface area (Å²) < 4.78 is 0. The third-order valence-electron chi connectivity index (χ3n) is 3.41. The van der Waals surface area contributed by atoms with Crippen molar-refractivity contribution >= 4 is 5.84 Å². The number of aromatic nitrogens is 1. The molecule has 1 fully saturated rings. The Morgan fingerprint density at radius 1 is 1.29 bits per heavy atom. The van der Waals surface area contributed by atoms with Gasteiger partial charge in [-0.1, -0.05) is 25.3 Å². The van der Waals surface area contributed by atoms with Crippen LogP contribution in [0.5, 0.6) is 0 Å². The van der Waals surface area contributed by atoms with Gasteiger partial charge >= 0.3 is 0 Å². The number of amidine groups is 1. The Kier molecular flexibility index (Phi) is 4.54. The van der Waals surface area contributed by atoms with Gasteiger partial charge in [-0.05, 0) is 25.0 Å². The zero-order chi connectivity index (χ0) is 11.9. The van der Waals surface area contributed by atoms with E-state index in [1.165, 1.54) is 32.1 Å². The molecule has 1 aromatic heterocycles. The summed E-state index contributed by atoms with van der Waals surface area (Å²) in [5, 5.41) is 0. The second-order valence-corrected chi connectivity index (χ2v) is 4.71. The molecule has 2 N–H and O–H groups in total. The minimum absolute atomic E-state index is 0.535. The lowest BCUT2D eigenvalue weighted by molar-refractivity contribution is 0.436. The molecule has 0 spiro atoms. The van der Waals surface area contributed by atoms with Gasteiger partial charge < -0.3 is 5.73 Å². The molecule has 0 amide bonds. The Balaban J connectivity index is 1.79. The molecule has 17 heavy (non-hydrogen) atoms. The lowest BCUT2D eigenvalue weighted by atomic mass is 9.88. The number of nitrogens with zero attached hydrogens (tertiary/aromatic N) is 2. The highest BCUT2D eigenvalue weighted by Gasteiger charge is 2.16. The third kappa shape index (κ3) is 3.84. The molecule has 3 heteroatoms. The number of hydrogen-bond donors (Lipinski definition) is 1. The van der Waals surface area contributed by atoms with Gasteiger partial charge in [-0.25, -0.2) is 0 Å². The quantitative estimate of drug-likeness (QED) is 0.639. The summed E-state index contributed by atoms with van der Waals surface area (Å²) in [7, 11) is 0. The summed E-state index contributed by atoms with van der Waals surface area (Å²) in [4.78, 5) is 8.78. The van der Waals surface area contributed by atoms with E-state index in [1.807, 2.05) is 24.4 Å². The van der Waals surface area contributed by atoms with Crippen LogP contribution in [0.1, 0.15) is 37.8 Å². The SMILES string of the molecule is NC(=NCCc1ccccn1)C1CCCCC1. The third-order valence-corrected chi connectivity index (χ3v) is 3.41. The first kappa shape index (κ1) is 12.1. The van der Waals surface area contributed by atoms with Crippen molar-refractivity contribution in [3.63, 3.8) is 0 Å². The molecular weight excluding hydrogens is 210 g/mol. The van der Waals surface area contributed by atoms with Crippen LogP contribution in [-0.4, -0.2) is 17.4 Å². The number of rotatable bonds is 4. The predicted molar refractivity (Wildman–Crippen MR) is 71.0 cm³/mol. The molecule has 1 aliphatic rings. The van der Waals surface area contributed by atoms with E-state index in [1.54, 1.807) is 0 Å². The molecule has 0 aromatic carbocycles. The van der Waals surface area contributed by atoms with E-state index in [4.69, 9.17) is 5.73 Å². The van der Waals surface area contributed by atoms with E-state index in [0.29, 0.717) is 5.92 Å². The van der Waals surface area contributed by atoms with Gasteiger partial charge in [0.15, 0.2) is 0 Å². The fourth-order valence-electron chi connectivity index (χ4n) is 2.37. The topological polar surface area (TPSA) is 51.3 Å². The highest BCUT2D eigenvalue weighted by atomic mass is 14.9. The molecule has 1 heterocycles. The Labute approximate surface area is 103 Å². The molecule has 0 aliphatic heterocycles. The van der Waals surface area contributed by atoms with Crippen molar-refractivity contribution in [2.75, 3.05) is 6.54 Å². The van der Waals surface area contributed by atoms with Crippen molar-refractivity contribution in [1.29, 1.82) is 0 Å². The molecule has 0 unspecified atom stereocenters. The largest absolute Gasteiger partial charge is 0.387 e. The Hall–Kier alpha value is -1.38. The zero-order valence-electron chi connectivity index (χ0n) is 10.3. The van der Waals surface area contributed by atoms with Gasteiger partial charge in [-0.2, -0.15) is 0 Å². The van der Waals surface area contributed by atoms with Crippen molar-refractivity contribution in [3.8, 4) is 0 Å². The van der Waals surface area contributed by atoms with Crippen LogP contribution < -0.4 is 5.73 Å². The number of aliphatic imine (C=N–C) groups is 1. The van der Waals surface area contributed by atoms with Gasteiger partial charge in [-0.3, -0.25) is 9.98 Å². The molecule has 0 radical (unpaired) electrons. The van der Waals surface area contributed by atoms with Crippen LogP contribution in [0.15, 0.2) is 29.4 Å². The molecule has 3 nitrogen and oxygen atoms in total. The maximum atomic E-state index is 6.04. The van der Waals surface area contributed by atoms with E-state index in [0.717, 1.165) is 24.5 Å². The molecule has 1 saturated carbocycles. The Bertz CT molecular complexity index is 353. The molecular formula is C14H21N3. The fraction of sp³-hybridized carbons (Fsp3) is 0.571. The minimum Gasteiger partial charge on any atom is -0.387 e. The van der Waals surface area contributed by atoms with E-state index in [9.17, 15) is 0 Å². The average Bonchev–Trinajstić information content (AvgIpc) is 2.41. The summed E-state index contributed by atoms with van der Waals surface area (Å²) in [6, 6.07) is 5.98. The van der Waals surface area contributed by atoms with Gasteiger partial charge in [0.1, 0.15) is 0 Å². The maximum absolute atomic E-state index is 6.04. The second kappa shape index (κ2) is 6.38. The van der Waals surface area contributed by atoms with Crippen molar-refractivity contribution in [2.45, 2.75) is 38.5 Å². The van der Waals surface area contributed by atoms with Crippen LogP contribution in [0.25, 0.3) is 0 Å². The van der Waals surface area contributed by atoms with Crippen LogP contribution in [0.4, 0.5) is 0 Å². The molecule has 0 atom stereocenters. The normalized spacial score (nSPS) is 18.2. The first-order chi connectivity index (χ1) is 8.36. The molecule has 2 rings (SSSR count). The van der Waals surface area contributed by atoms with E-state index < -0.39 is 0 Å². The fourth-order valence-corrected chi connectivity index (χ4v) is 2.37. The van der Waals surface area contributed by atoms with Crippen LogP contribution in [0.2, 0.25) is 0 Å². The van der Waals surface area contributed by atoms with E-state index in [-0.39, 0.29) is 0 Å². The Morgan fingerprint density at radius 3 is 2.82 bits per heavy atom. The number of pyridine rings is 1. The highest BCUT2D eigenvalue weighted by molar-refractivity contribution is 5.82. The summed E-state index contributed by atoms with van der Waals surface area (Å²) in [5.74, 6) is 1.40. The molecule has 1 aromatic rings. The summed E-state index contributed by atoms with van der Waals surface area (Å²) in [6.45, 7) is 0.763. The van der Waals surface area contributed by atoms with Crippen LogP contribution in [0, 0.1) is 5.92 Å². The summed E-state index contributed by atoms with van der Waals surface area (Å²) in [5.41, 5.74) is 7.13.